The number of rotatable bonds is 7. The van der Waals surface area contributed by atoms with E-state index in [0.29, 0.717) is 11.5 Å². The first-order chi connectivity index (χ1) is 13.1. The highest BCUT2D eigenvalue weighted by Crippen LogP contribution is 2.38. The molecule has 1 unspecified atom stereocenters. The van der Waals surface area contributed by atoms with Crippen molar-refractivity contribution in [3.8, 4) is 0 Å². The van der Waals surface area contributed by atoms with Crippen LogP contribution in [0.5, 0.6) is 0 Å². The first-order valence-corrected chi connectivity index (χ1v) is 10.3. The molecule has 0 amide bonds. The molecule has 1 aliphatic carbocycles. The number of halogens is 2. The zero-order valence-corrected chi connectivity index (χ0v) is 16.1. The zero-order valence-electron chi connectivity index (χ0n) is 16.1. The van der Waals surface area contributed by atoms with Crippen LogP contribution in [0.2, 0.25) is 0 Å². The van der Waals surface area contributed by atoms with Gasteiger partial charge >= 0.3 is 0 Å². The highest BCUT2D eigenvalue weighted by molar-refractivity contribution is 5.33. The van der Waals surface area contributed by atoms with Crippen LogP contribution in [0.4, 0.5) is 8.78 Å². The summed E-state index contributed by atoms with van der Waals surface area (Å²) in [6.07, 6.45) is 9.42. The maximum atomic E-state index is 13.4. The molecule has 1 fully saturated rings. The van der Waals surface area contributed by atoms with Crippen molar-refractivity contribution >= 4 is 0 Å². The Hall–Kier alpha value is -1.74. The van der Waals surface area contributed by atoms with Gasteiger partial charge in [-0.15, -0.1) is 0 Å². The molecule has 0 saturated heterocycles. The third kappa shape index (κ3) is 5.38. The van der Waals surface area contributed by atoms with Gasteiger partial charge in [-0.05, 0) is 66.3 Å². The maximum Gasteiger partial charge on any atom is 0.126 e. The van der Waals surface area contributed by atoms with Crippen LogP contribution >= 0.6 is 0 Å². The molecule has 1 N–H and O–H groups in total. The lowest BCUT2D eigenvalue weighted by atomic mass is 9.77. The number of unbranched alkanes of at least 4 members (excludes halogenated alkanes) is 2. The van der Waals surface area contributed by atoms with E-state index in [2.05, 4.69) is 19.1 Å². The molecular formula is C24H30F2O. The highest BCUT2D eigenvalue weighted by Gasteiger charge is 2.22. The van der Waals surface area contributed by atoms with Crippen LogP contribution < -0.4 is 0 Å². The van der Waals surface area contributed by atoms with Gasteiger partial charge in [0.05, 0.1) is 0 Å². The molecule has 3 rings (SSSR count). The van der Waals surface area contributed by atoms with Crippen LogP contribution in [0.15, 0.2) is 42.5 Å². The average Bonchev–Trinajstić information content (AvgIpc) is 2.67. The van der Waals surface area contributed by atoms with Crippen LogP contribution in [0, 0.1) is 17.6 Å². The van der Waals surface area contributed by atoms with E-state index in [1.807, 2.05) is 12.1 Å². The van der Waals surface area contributed by atoms with Crippen LogP contribution in [-0.4, -0.2) is 5.11 Å². The van der Waals surface area contributed by atoms with Crippen molar-refractivity contribution < 1.29 is 13.9 Å². The molecule has 1 saturated carbocycles. The number of benzene rings is 2. The lowest BCUT2D eigenvalue weighted by Gasteiger charge is -2.29. The normalized spacial score (nSPS) is 21.2. The van der Waals surface area contributed by atoms with Crippen LogP contribution in [-0.2, 0) is 0 Å². The quantitative estimate of drug-likeness (QED) is 0.524. The second kappa shape index (κ2) is 9.45. The summed E-state index contributed by atoms with van der Waals surface area (Å²) in [4.78, 5) is 0. The third-order valence-corrected chi connectivity index (χ3v) is 5.99. The van der Waals surface area contributed by atoms with Crippen molar-refractivity contribution in [2.45, 2.75) is 70.3 Å². The molecule has 1 nitrogen and oxygen atoms in total. The topological polar surface area (TPSA) is 20.2 Å². The third-order valence-electron chi connectivity index (χ3n) is 5.99. The monoisotopic (exact) mass is 372 g/mol. The minimum absolute atomic E-state index is 0.243. The lowest BCUT2D eigenvalue weighted by molar-refractivity contribution is 0.219. The predicted molar refractivity (Wildman–Crippen MR) is 106 cm³/mol. The summed E-state index contributed by atoms with van der Waals surface area (Å²) in [7, 11) is 0. The van der Waals surface area contributed by atoms with E-state index in [1.165, 1.54) is 69.1 Å². The van der Waals surface area contributed by atoms with Crippen molar-refractivity contribution in [3.63, 3.8) is 0 Å². The molecule has 146 valence electrons. The van der Waals surface area contributed by atoms with Gasteiger partial charge in [0, 0.05) is 6.07 Å². The summed E-state index contributed by atoms with van der Waals surface area (Å²) >= 11 is 0. The number of hydrogen-bond donors (Lipinski definition) is 1. The minimum atomic E-state index is -1.02. The molecule has 2 aromatic rings. The highest BCUT2D eigenvalue weighted by atomic mass is 19.1. The Kier molecular flexibility index (Phi) is 7.01. The Morgan fingerprint density at radius 1 is 0.889 bits per heavy atom. The molecule has 1 aliphatic rings. The Morgan fingerprint density at radius 3 is 2.11 bits per heavy atom. The fraction of sp³-hybridized carbons (Fsp3) is 0.500. The number of hydrogen-bond acceptors (Lipinski definition) is 1. The molecule has 0 radical (unpaired) electrons. The second-order valence-electron chi connectivity index (χ2n) is 7.99. The summed E-state index contributed by atoms with van der Waals surface area (Å²) in [6, 6.07) is 11.1. The maximum absolute atomic E-state index is 13.4. The van der Waals surface area contributed by atoms with Crippen LogP contribution in [0.3, 0.4) is 0 Å². The molecule has 0 spiro atoms. The van der Waals surface area contributed by atoms with Gasteiger partial charge < -0.3 is 5.11 Å². The minimum Gasteiger partial charge on any atom is -0.384 e. The van der Waals surface area contributed by atoms with Gasteiger partial charge in [0.25, 0.3) is 0 Å². The van der Waals surface area contributed by atoms with Gasteiger partial charge in [-0.3, -0.25) is 0 Å². The zero-order chi connectivity index (χ0) is 19.2. The Balaban J connectivity index is 1.59. The average molecular weight is 372 g/mol. The van der Waals surface area contributed by atoms with Crippen molar-refractivity contribution in [2.75, 3.05) is 0 Å². The summed E-state index contributed by atoms with van der Waals surface area (Å²) in [5.74, 6) is 0.134. The summed E-state index contributed by atoms with van der Waals surface area (Å²) in [5.41, 5.74) is 2.22. The standard InChI is InChI=1S/C24H30F2O/c1-2-3-4-5-17-6-8-18(9-7-17)19-10-12-20(13-11-19)24(27)21-14-22(25)16-23(26)15-21/h10-18,24,27H,2-9H2,1H3. The van der Waals surface area contributed by atoms with Gasteiger partial charge in [-0.1, -0.05) is 56.9 Å². The van der Waals surface area contributed by atoms with Crippen LogP contribution in [0.1, 0.15) is 87.0 Å². The van der Waals surface area contributed by atoms with E-state index in [9.17, 15) is 13.9 Å². The largest absolute Gasteiger partial charge is 0.384 e. The van der Waals surface area contributed by atoms with Gasteiger partial charge in [-0.25, -0.2) is 8.78 Å². The van der Waals surface area contributed by atoms with Gasteiger partial charge in [0.1, 0.15) is 17.7 Å². The smallest absolute Gasteiger partial charge is 0.126 e. The number of aliphatic hydroxyl groups excluding tert-OH is 1. The molecule has 0 heterocycles. The molecular weight excluding hydrogens is 342 g/mol. The van der Waals surface area contributed by atoms with Crippen molar-refractivity contribution in [1.29, 1.82) is 0 Å². The molecule has 0 aromatic heterocycles. The SMILES string of the molecule is CCCCCC1CCC(c2ccc(C(O)c3cc(F)cc(F)c3)cc2)CC1. The molecule has 0 bridgehead atoms. The van der Waals surface area contributed by atoms with E-state index in [0.717, 1.165) is 12.0 Å². The first-order valence-electron chi connectivity index (χ1n) is 10.3. The van der Waals surface area contributed by atoms with Crippen molar-refractivity contribution in [2.24, 2.45) is 5.92 Å². The van der Waals surface area contributed by atoms with E-state index in [4.69, 9.17) is 0 Å². The lowest BCUT2D eigenvalue weighted by Crippen LogP contribution is -2.13. The molecule has 3 heteroatoms. The van der Waals surface area contributed by atoms with E-state index >= 15 is 0 Å². The predicted octanol–water partition coefficient (Wildman–Crippen LogP) is 6.90. The summed E-state index contributed by atoms with van der Waals surface area (Å²) in [5, 5.41) is 10.4. The van der Waals surface area contributed by atoms with Crippen LogP contribution in [0.25, 0.3) is 0 Å². The first kappa shape index (κ1) is 20.0. The van der Waals surface area contributed by atoms with Gasteiger partial charge in [0.2, 0.25) is 0 Å². The van der Waals surface area contributed by atoms with Crippen molar-refractivity contribution in [3.05, 3.63) is 70.8 Å². The Bertz CT molecular complexity index is 697. The van der Waals surface area contributed by atoms with E-state index in [1.54, 1.807) is 0 Å². The Labute approximate surface area is 161 Å². The number of aliphatic hydroxyl groups is 1. The van der Waals surface area contributed by atoms with E-state index < -0.39 is 17.7 Å². The summed E-state index contributed by atoms with van der Waals surface area (Å²) < 4.78 is 26.8. The molecule has 2 aromatic carbocycles. The van der Waals surface area contributed by atoms with Gasteiger partial charge in [0.15, 0.2) is 0 Å². The second-order valence-corrected chi connectivity index (χ2v) is 7.99. The molecule has 27 heavy (non-hydrogen) atoms. The Morgan fingerprint density at radius 2 is 1.52 bits per heavy atom. The molecule has 1 atom stereocenters. The fourth-order valence-corrected chi connectivity index (χ4v) is 4.34. The van der Waals surface area contributed by atoms with E-state index in [-0.39, 0.29) is 5.56 Å². The fourth-order valence-electron chi connectivity index (χ4n) is 4.34. The summed E-state index contributed by atoms with van der Waals surface area (Å²) in [6.45, 7) is 2.25. The molecule has 0 aliphatic heterocycles. The van der Waals surface area contributed by atoms with Gasteiger partial charge in [-0.2, -0.15) is 0 Å². The van der Waals surface area contributed by atoms with Crippen molar-refractivity contribution in [1.82, 2.24) is 0 Å².